The molecule has 0 amide bonds. The van der Waals surface area contributed by atoms with E-state index < -0.39 is 0 Å². The highest BCUT2D eigenvalue weighted by Gasteiger charge is 2.33. The summed E-state index contributed by atoms with van der Waals surface area (Å²) in [6, 6.07) is 0. The van der Waals surface area contributed by atoms with Crippen molar-refractivity contribution in [1.82, 2.24) is 0 Å². The molecular weight excluding hydrogens is 278 g/mol. The van der Waals surface area contributed by atoms with Gasteiger partial charge < -0.3 is 14.4 Å². The maximum Gasteiger partial charge on any atom is 0.310 e. The Morgan fingerprint density at radius 2 is 2.09 bits per heavy atom. The first-order valence-corrected chi connectivity index (χ1v) is 8.87. The van der Waals surface area contributed by atoms with E-state index in [1.807, 2.05) is 0 Å². The summed E-state index contributed by atoms with van der Waals surface area (Å²) >= 11 is 0. The predicted octanol–water partition coefficient (Wildman–Crippen LogP) is 1.20. The van der Waals surface area contributed by atoms with Crippen molar-refractivity contribution in [2.75, 3.05) is 32.8 Å². The molecule has 2 rings (SSSR count). The highest BCUT2D eigenvalue weighted by molar-refractivity contribution is 5.75. The van der Waals surface area contributed by atoms with Gasteiger partial charge in [-0.3, -0.25) is 4.79 Å². The van der Waals surface area contributed by atoms with Crippen molar-refractivity contribution in [3.8, 4) is 11.8 Å². The van der Waals surface area contributed by atoms with Crippen molar-refractivity contribution in [3.63, 3.8) is 0 Å². The number of cyclic esters (lactones) is 1. The first kappa shape index (κ1) is 17.3. The quantitative estimate of drug-likeness (QED) is 0.436. The number of hydrogen-bond donors (Lipinski definition) is 1. The second-order valence-corrected chi connectivity index (χ2v) is 6.47. The minimum Gasteiger partial charge on any atom is -0.460 e. The number of esters is 1. The fraction of sp³-hybridized carbons (Fsp3) is 0.833. The van der Waals surface area contributed by atoms with Crippen LogP contribution in [-0.4, -0.2) is 44.9 Å². The van der Waals surface area contributed by atoms with Gasteiger partial charge in [0.1, 0.15) is 12.6 Å². The molecule has 1 N–H and O–H groups in total. The molecule has 0 radical (unpaired) electrons. The summed E-state index contributed by atoms with van der Waals surface area (Å²) in [5.41, 5.74) is 0. The molecule has 0 aromatic rings. The molecule has 2 fully saturated rings. The number of likely N-dealkylation sites (tertiary alicyclic amines) is 1. The number of hydrogen-bond acceptors (Lipinski definition) is 3. The van der Waals surface area contributed by atoms with Crippen LogP contribution in [0.2, 0.25) is 0 Å². The second-order valence-electron chi connectivity index (χ2n) is 6.47. The van der Waals surface area contributed by atoms with Crippen LogP contribution in [0, 0.1) is 17.8 Å². The predicted molar refractivity (Wildman–Crippen MR) is 85.5 cm³/mol. The van der Waals surface area contributed by atoms with Gasteiger partial charge in [-0.1, -0.05) is 19.3 Å². The summed E-state index contributed by atoms with van der Waals surface area (Å²) in [5.74, 6) is 6.29. The smallest absolute Gasteiger partial charge is 0.310 e. The Kier molecular flexibility index (Phi) is 7.76. The number of piperidine rings is 1. The summed E-state index contributed by atoms with van der Waals surface area (Å²) < 4.78 is 10.9. The summed E-state index contributed by atoms with van der Waals surface area (Å²) in [4.78, 5) is 13.4. The van der Waals surface area contributed by atoms with Crippen LogP contribution in [0.5, 0.6) is 0 Å². The van der Waals surface area contributed by atoms with Gasteiger partial charge in [0.25, 0.3) is 0 Å². The molecule has 2 aliphatic rings. The van der Waals surface area contributed by atoms with Crippen molar-refractivity contribution < 1.29 is 19.2 Å². The monoisotopic (exact) mass is 308 g/mol. The van der Waals surface area contributed by atoms with Crippen LogP contribution in [0.15, 0.2) is 0 Å². The lowest BCUT2D eigenvalue weighted by atomic mass is 10.0. The van der Waals surface area contributed by atoms with Gasteiger partial charge >= 0.3 is 5.97 Å². The standard InChI is InChI=1S/C18H29NO3/c1-2-3-13-21-15-17-14-16(18(20)22-17)9-5-8-12-19-10-6-4-7-11-19/h16-17H,2-4,6-7,9-15H2,1H3/p+1. The number of unbranched alkanes of at least 4 members (excludes halogenated alkanes) is 1. The Morgan fingerprint density at radius 3 is 2.86 bits per heavy atom. The van der Waals surface area contributed by atoms with Crippen molar-refractivity contribution >= 4 is 5.97 Å². The van der Waals surface area contributed by atoms with E-state index in [1.54, 1.807) is 4.90 Å². The van der Waals surface area contributed by atoms with Crippen LogP contribution >= 0.6 is 0 Å². The molecule has 2 heterocycles. The molecule has 2 saturated heterocycles. The summed E-state index contributed by atoms with van der Waals surface area (Å²) in [6.45, 7) is 6.85. The van der Waals surface area contributed by atoms with Gasteiger partial charge in [0.05, 0.1) is 25.6 Å². The summed E-state index contributed by atoms with van der Waals surface area (Å²) in [5, 5.41) is 0. The number of quaternary nitrogens is 1. The maximum absolute atomic E-state index is 11.8. The first-order chi connectivity index (χ1) is 10.8. The SMILES string of the molecule is CCCCOCC1CC(CC#CC[NH+]2CCCCC2)C(=O)O1. The zero-order valence-corrected chi connectivity index (χ0v) is 13.9. The van der Waals surface area contributed by atoms with E-state index in [9.17, 15) is 4.79 Å². The molecule has 0 bridgehead atoms. The molecule has 0 aromatic heterocycles. The van der Waals surface area contributed by atoms with E-state index in [0.717, 1.165) is 32.4 Å². The third-order valence-electron chi connectivity index (χ3n) is 4.48. The summed E-state index contributed by atoms with van der Waals surface area (Å²) in [7, 11) is 0. The lowest BCUT2D eigenvalue weighted by Crippen LogP contribution is -3.12. The lowest BCUT2D eigenvalue weighted by Gasteiger charge is -2.20. The molecule has 0 spiro atoms. The van der Waals surface area contributed by atoms with Crippen molar-refractivity contribution in [3.05, 3.63) is 0 Å². The van der Waals surface area contributed by atoms with Crippen LogP contribution in [0.4, 0.5) is 0 Å². The van der Waals surface area contributed by atoms with Gasteiger partial charge in [0.2, 0.25) is 0 Å². The Labute approximate surface area is 134 Å². The van der Waals surface area contributed by atoms with Gasteiger partial charge in [0.15, 0.2) is 0 Å². The number of nitrogens with one attached hydrogen (secondary N) is 1. The first-order valence-electron chi connectivity index (χ1n) is 8.87. The number of carbonyl (C=O) groups excluding carboxylic acids is 1. The van der Waals surface area contributed by atoms with Crippen LogP contribution in [0.1, 0.15) is 51.9 Å². The molecule has 4 heteroatoms. The number of ether oxygens (including phenoxy) is 2. The van der Waals surface area contributed by atoms with Gasteiger partial charge in [-0.25, -0.2) is 0 Å². The van der Waals surface area contributed by atoms with Gasteiger partial charge in [0, 0.05) is 19.4 Å². The van der Waals surface area contributed by atoms with Crippen LogP contribution in [0.3, 0.4) is 0 Å². The van der Waals surface area contributed by atoms with E-state index >= 15 is 0 Å². The van der Waals surface area contributed by atoms with Gasteiger partial charge in [-0.05, 0) is 31.6 Å². The van der Waals surface area contributed by atoms with E-state index in [4.69, 9.17) is 9.47 Å². The van der Waals surface area contributed by atoms with Crippen LogP contribution in [0.25, 0.3) is 0 Å². The van der Waals surface area contributed by atoms with E-state index in [2.05, 4.69) is 18.8 Å². The van der Waals surface area contributed by atoms with Crippen LogP contribution < -0.4 is 4.90 Å². The largest absolute Gasteiger partial charge is 0.460 e. The minimum atomic E-state index is -0.0938. The molecule has 22 heavy (non-hydrogen) atoms. The van der Waals surface area contributed by atoms with E-state index in [1.165, 1.54) is 32.4 Å². The van der Waals surface area contributed by atoms with Crippen molar-refractivity contribution in [1.29, 1.82) is 0 Å². The third kappa shape index (κ3) is 5.98. The van der Waals surface area contributed by atoms with Crippen LogP contribution in [-0.2, 0) is 14.3 Å². The molecule has 0 saturated carbocycles. The highest BCUT2D eigenvalue weighted by atomic mass is 16.6. The molecule has 2 atom stereocenters. The maximum atomic E-state index is 11.8. The average Bonchev–Trinajstić information content (AvgIpc) is 2.89. The van der Waals surface area contributed by atoms with E-state index in [0.29, 0.717) is 13.0 Å². The summed E-state index contributed by atoms with van der Waals surface area (Å²) in [6.07, 6.45) is 7.54. The zero-order chi connectivity index (χ0) is 15.6. The number of rotatable bonds is 7. The normalized spacial score (nSPS) is 25.6. The lowest BCUT2D eigenvalue weighted by molar-refractivity contribution is -0.897. The molecule has 0 aliphatic carbocycles. The van der Waals surface area contributed by atoms with Crippen molar-refractivity contribution in [2.24, 2.45) is 5.92 Å². The van der Waals surface area contributed by atoms with Gasteiger partial charge in [-0.15, -0.1) is 0 Å². The number of carbonyl (C=O) groups is 1. The Morgan fingerprint density at radius 1 is 1.27 bits per heavy atom. The minimum absolute atomic E-state index is 0.0522. The molecule has 2 aliphatic heterocycles. The zero-order valence-electron chi connectivity index (χ0n) is 13.9. The van der Waals surface area contributed by atoms with Crippen molar-refractivity contribution in [2.45, 2.75) is 58.0 Å². The molecule has 4 nitrogen and oxygen atoms in total. The Bertz CT molecular complexity index is 393. The third-order valence-corrected chi connectivity index (χ3v) is 4.48. The Balaban J connectivity index is 1.62. The highest BCUT2D eigenvalue weighted by Crippen LogP contribution is 2.23. The topological polar surface area (TPSA) is 40.0 Å². The molecule has 124 valence electrons. The van der Waals surface area contributed by atoms with E-state index in [-0.39, 0.29) is 18.0 Å². The van der Waals surface area contributed by atoms with Gasteiger partial charge in [-0.2, -0.15) is 0 Å². The second kappa shape index (κ2) is 9.86. The average molecular weight is 308 g/mol. The fourth-order valence-electron chi connectivity index (χ4n) is 3.06. The molecule has 2 unspecified atom stereocenters. The molecular formula is C18H30NO3+. The molecule has 0 aromatic carbocycles. The fourth-order valence-corrected chi connectivity index (χ4v) is 3.06. The Hall–Kier alpha value is -1.05.